The van der Waals surface area contributed by atoms with E-state index in [1.807, 2.05) is 11.6 Å². The molecule has 6 heteroatoms. The third kappa shape index (κ3) is 4.07. The number of hydrogen-bond acceptors (Lipinski definition) is 3. The van der Waals surface area contributed by atoms with Gasteiger partial charge >= 0.3 is 6.03 Å². The quantitative estimate of drug-likeness (QED) is 0.858. The summed E-state index contributed by atoms with van der Waals surface area (Å²) in [6, 6.07) is 5.42. The van der Waals surface area contributed by atoms with Crippen LogP contribution in [-0.4, -0.2) is 20.5 Å². The Morgan fingerprint density at radius 2 is 1.71 bits per heavy atom. The Labute approximate surface area is 101 Å². The van der Waals surface area contributed by atoms with E-state index >= 15 is 0 Å². The predicted octanol–water partition coefficient (Wildman–Crippen LogP) is 1.39. The van der Waals surface area contributed by atoms with Crippen LogP contribution >= 0.6 is 0 Å². The largest absolute Gasteiger partial charge is 0.335 e. The Morgan fingerprint density at radius 1 is 1.18 bits per heavy atom. The van der Waals surface area contributed by atoms with Gasteiger partial charge in [0.15, 0.2) is 0 Å². The van der Waals surface area contributed by atoms with Crippen molar-refractivity contribution >= 4 is 16.1 Å². The number of carbonyl (C=O) groups excluding carboxylic acids is 1. The first kappa shape index (κ1) is 13.5. The molecule has 0 heterocycles. The Balaban J connectivity index is 2.82. The highest BCUT2D eigenvalue weighted by molar-refractivity contribution is 7.90. The molecule has 0 unspecified atom stereocenters. The van der Waals surface area contributed by atoms with Crippen molar-refractivity contribution < 1.29 is 13.2 Å². The highest BCUT2D eigenvalue weighted by Gasteiger charge is 2.17. The summed E-state index contributed by atoms with van der Waals surface area (Å²) in [5, 5.41) is 2.45. The Hall–Kier alpha value is -1.56. The molecule has 0 saturated carbocycles. The number of urea groups is 1. The van der Waals surface area contributed by atoms with Gasteiger partial charge in [-0.05, 0) is 32.9 Å². The number of carbonyl (C=O) groups is 1. The van der Waals surface area contributed by atoms with Gasteiger partial charge in [0, 0.05) is 6.04 Å². The van der Waals surface area contributed by atoms with E-state index in [1.165, 1.54) is 12.1 Å². The maximum Gasteiger partial charge on any atom is 0.328 e. The molecule has 1 rings (SSSR count). The number of rotatable bonds is 3. The van der Waals surface area contributed by atoms with E-state index in [9.17, 15) is 13.2 Å². The topological polar surface area (TPSA) is 75.3 Å². The number of benzene rings is 1. The average molecular weight is 256 g/mol. The molecule has 5 nitrogen and oxygen atoms in total. The molecule has 0 spiro atoms. The van der Waals surface area contributed by atoms with Crippen molar-refractivity contribution in [3.8, 4) is 0 Å². The van der Waals surface area contributed by atoms with E-state index in [2.05, 4.69) is 5.32 Å². The third-order valence-electron chi connectivity index (χ3n) is 1.98. The molecule has 0 aliphatic rings. The second kappa shape index (κ2) is 5.18. The van der Waals surface area contributed by atoms with E-state index in [0.29, 0.717) is 0 Å². The van der Waals surface area contributed by atoms with E-state index in [4.69, 9.17) is 0 Å². The van der Waals surface area contributed by atoms with Gasteiger partial charge in [0.25, 0.3) is 10.0 Å². The van der Waals surface area contributed by atoms with Gasteiger partial charge in [-0.25, -0.2) is 17.9 Å². The van der Waals surface area contributed by atoms with Crippen LogP contribution in [0.5, 0.6) is 0 Å². The normalized spacial score (nSPS) is 11.3. The Morgan fingerprint density at radius 3 is 2.18 bits per heavy atom. The first-order chi connectivity index (χ1) is 7.81. The van der Waals surface area contributed by atoms with Crippen molar-refractivity contribution in [2.24, 2.45) is 0 Å². The molecule has 0 aromatic heterocycles. The maximum atomic E-state index is 11.8. The van der Waals surface area contributed by atoms with Crippen molar-refractivity contribution in [1.29, 1.82) is 0 Å². The summed E-state index contributed by atoms with van der Waals surface area (Å²) >= 11 is 0. The van der Waals surface area contributed by atoms with Crippen LogP contribution in [0.4, 0.5) is 4.79 Å². The first-order valence-corrected chi connectivity index (χ1v) is 6.69. The minimum atomic E-state index is -3.78. The molecule has 0 radical (unpaired) electrons. The fourth-order valence-corrected chi connectivity index (χ4v) is 2.11. The SMILES string of the molecule is Cc1ccc(S(=O)(=O)NC(=O)NC(C)C)cc1. The average Bonchev–Trinajstić information content (AvgIpc) is 2.15. The monoisotopic (exact) mass is 256 g/mol. The van der Waals surface area contributed by atoms with Gasteiger partial charge < -0.3 is 5.32 Å². The third-order valence-corrected chi connectivity index (χ3v) is 3.33. The van der Waals surface area contributed by atoms with Gasteiger partial charge in [0.1, 0.15) is 0 Å². The molecule has 0 fully saturated rings. The van der Waals surface area contributed by atoms with Gasteiger partial charge in [0.2, 0.25) is 0 Å². The van der Waals surface area contributed by atoms with E-state index in [0.717, 1.165) is 5.56 Å². The lowest BCUT2D eigenvalue weighted by molar-refractivity contribution is 0.243. The lowest BCUT2D eigenvalue weighted by Gasteiger charge is -2.10. The number of aryl methyl sites for hydroxylation is 1. The van der Waals surface area contributed by atoms with Crippen LogP contribution in [-0.2, 0) is 10.0 Å². The highest BCUT2D eigenvalue weighted by Crippen LogP contribution is 2.09. The van der Waals surface area contributed by atoms with E-state index < -0.39 is 16.1 Å². The summed E-state index contributed by atoms with van der Waals surface area (Å²) in [7, 11) is -3.78. The molecule has 2 N–H and O–H groups in total. The zero-order valence-corrected chi connectivity index (χ0v) is 10.8. The minimum Gasteiger partial charge on any atom is -0.335 e. The summed E-state index contributed by atoms with van der Waals surface area (Å²) in [6.45, 7) is 5.35. The molecule has 1 aromatic carbocycles. The summed E-state index contributed by atoms with van der Waals surface area (Å²) in [4.78, 5) is 11.4. The molecule has 1 aromatic rings. The number of amides is 2. The van der Waals surface area contributed by atoms with Gasteiger partial charge in [-0.1, -0.05) is 17.7 Å². The van der Waals surface area contributed by atoms with Crippen molar-refractivity contribution in [1.82, 2.24) is 10.0 Å². The molecule has 0 bridgehead atoms. The summed E-state index contributed by atoms with van der Waals surface area (Å²) in [5.41, 5.74) is 0.954. The van der Waals surface area contributed by atoms with Crippen LogP contribution in [0.3, 0.4) is 0 Å². The fourth-order valence-electron chi connectivity index (χ4n) is 1.19. The Bertz CT molecular complexity index is 492. The molecule has 17 heavy (non-hydrogen) atoms. The second-order valence-electron chi connectivity index (χ2n) is 4.05. The molecule has 0 aliphatic heterocycles. The first-order valence-electron chi connectivity index (χ1n) is 5.21. The molecule has 0 atom stereocenters. The second-order valence-corrected chi connectivity index (χ2v) is 5.73. The van der Waals surface area contributed by atoms with Crippen LogP contribution in [0.1, 0.15) is 19.4 Å². The van der Waals surface area contributed by atoms with Crippen molar-refractivity contribution in [3.05, 3.63) is 29.8 Å². The van der Waals surface area contributed by atoms with Gasteiger partial charge in [-0.15, -0.1) is 0 Å². The van der Waals surface area contributed by atoms with Gasteiger partial charge in [-0.3, -0.25) is 0 Å². The van der Waals surface area contributed by atoms with Crippen LogP contribution < -0.4 is 10.0 Å². The van der Waals surface area contributed by atoms with Crippen LogP contribution in [0.15, 0.2) is 29.2 Å². The van der Waals surface area contributed by atoms with Gasteiger partial charge in [0.05, 0.1) is 4.90 Å². The van der Waals surface area contributed by atoms with Crippen molar-refractivity contribution in [3.63, 3.8) is 0 Å². The van der Waals surface area contributed by atoms with E-state index in [-0.39, 0.29) is 10.9 Å². The molecule has 94 valence electrons. The standard InChI is InChI=1S/C11H16N2O3S/c1-8(2)12-11(14)13-17(15,16)10-6-4-9(3)5-7-10/h4-8H,1-3H3,(H2,12,13,14). The zero-order valence-electron chi connectivity index (χ0n) is 10.0. The zero-order chi connectivity index (χ0) is 13.1. The molecular weight excluding hydrogens is 240 g/mol. The fraction of sp³-hybridized carbons (Fsp3) is 0.364. The summed E-state index contributed by atoms with van der Waals surface area (Å²) in [5.74, 6) is 0. The lowest BCUT2D eigenvalue weighted by atomic mass is 10.2. The predicted molar refractivity (Wildman–Crippen MR) is 65.2 cm³/mol. The summed E-state index contributed by atoms with van der Waals surface area (Å²) in [6.07, 6.45) is 0. The number of nitrogens with one attached hydrogen (secondary N) is 2. The summed E-state index contributed by atoms with van der Waals surface area (Å²) < 4.78 is 25.5. The van der Waals surface area contributed by atoms with Crippen molar-refractivity contribution in [2.45, 2.75) is 31.7 Å². The number of hydrogen-bond donors (Lipinski definition) is 2. The van der Waals surface area contributed by atoms with E-state index in [1.54, 1.807) is 26.0 Å². The van der Waals surface area contributed by atoms with Crippen LogP contribution in [0.25, 0.3) is 0 Å². The maximum absolute atomic E-state index is 11.8. The minimum absolute atomic E-state index is 0.0713. The smallest absolute Gasteiger partial charge is 0.328 e. The molecule has 0 saturated heterocycles. The highest BCUT2D eigenvalue weighted by atomic mass is 32.2. The number of sulfonamides is 1. The molecular formula is C11H16N2O3S. The van der Waals surface area contributed by atoms with Crippen LogP contribution in [0, 0.1) is 6.92 Å². The lowest BCUT2D eigenvalue weighted by Crippen LogP contribution is -2.42. The van der Waals surface area contributed by atoms with Gasteiger partial charge in [-0.2, -0.15) is 0 Å². The Kier molecular flexibility index (Phi) is 4.11. The van der Waals surface area contributed by atoms with Crippen LogP contribution in [0.2, 0.25) is 0 Å². The molecule has 2 amide bonds. The van der Waals surface area contributed by atoms with Crippen molar-refractivity contribution in [2.75, 3.05) is 0 Å². The molecule has 0 aliphatic carbocycles.